The Hall–Kier alpha value is -1.09. The third kappa shape index (κ3) is 1.48. The topological polar surface area (TPSA) is 30.2 Å². The molecule has 0 radical (unpaired) electrons. The van der Waals surface area contributed by atoms with Crippen molar-refractivity contribution >= 4 is 17.2 Å². The fourth-order valence-corrected chi connectivity index (χ4v) is 1.65. The molecule has 0 aromatic carbocycles. The van der Waals surface area contributed by atoms with Crippen molar-refractivity contribution in [1.82, 2.24) is 14.4 Å². The number of aromatic nitrogens is 3. The highest BCUT2D eigenvalue weighted by Gasteiger charge is 2.09. The minimum absolute atomic E-state index is 0.409. The van der Waals surface area contributed by atoms with Crippen molar-refractivity contribution in [2.45, 2.75) is 26.7 Å². The molecule has 0 spiro atoms. The highest BCUT2D eigenvalue weighted by Crippen LogP contribution is 2.19. The molecule has 0 unspecified atom stereocenters. The van der Waals surface area contributed by atoms with Gasteiger partial charge in [-0.15, -0.1) is 0 Å². The summed E-state index contributed by atoms with van der Waals surface area (Å²) >= 11 is 5.99. The van der Waals surface area contributed by atoms with E-state index in [9.17, 15) is 0 Å². The summed E-state index contributed by atoms with van der Waals surface area (Å²) in [5, 5.41) is 0.469. The van der Waals surface area contributed by atoms with E-state index >= 15 is 0 Å². The zero-order valence-corrected chi connectivity index (χ0v) is 9.21. The van der Waals surface area contributed by atoms with Crippen LogP contribution in [0.2, 0.25) is 5.15 Å². The third-order valence-corrected chi connectivity index (χ3v) is 2.38. The molecule has 0 aliphatic carbocycles. The highest BCUT2D eigenvalue weighted by molar-refractivity contribution is 6.32. The molecule has 0 amide bonds. The molecule has 0 N–H and O–H groups in total. The van der Waals surface area contributed by atoms with E-state index in [4.69, 9.17) is 11.6 Å². The second-order valence-corrected chi connectivity index (χ2v) is 4.08. The number of hydrogen-bond acceptors (Lipinski definition) is 2. The molecule has 3 nitrogen and oxygen atoms in total. The van der Waals surface area contributed by atoms with Crippen LogP contribution in [0.5, 0.6) is 0 Å². The molecule has 0 saturated heterocycles. The van der Waals surface area contributed by atoms with Crippen LogP contribution < -0.4 is 0 Å². The first-order valence-electron chi connectivity index (χ1n) is 4.59. The predicted molar refractivity (Wildman–Crippen MR) is 56.8 cm³/mol. The fraction of sp³-hybridized carbons (Fsp3) is 0.400. The lowest BCUT2D eigenvalue weighted by atomic mass is 10.2. The van der Waals surface area contributed by atoms with Crippen LogP contribution in [0.1, 0.15) is 31.2 Å². The average molecular weight is 210 g/mol. The molecule has 0 saturated carbocycles. The summed E-state index contributed by atoms with van der Waals surface area (Å²) in [5.74, 6) is 0.409. The molecule has 2 rings (SSSR count). The van der Waals surface area contributed by atoms with E-state index in [1.54, 1.807) is 0 Å². The van der Waals surface area contributed by atoms with Crippen molar-refractivity contribution in [2.75, 3.05) is 0 Å². The molecule has 4 heteroatoms. The second-order valence-electron chi connectivity index (χ2n) is 3.72. The SMILES string of the molecule is Cc1cn2cc(C(C)C)nc2c(Cl)n1. The maximum atomic E-state index is 5.99. The first kappa shape index (κ1) is 9.46. The highest BCUT2D eigenvalue weighted by atomic mass is 35.5. The number of aryl methyl sites for hydroxylation is 1. The van der Waals surface area contributed by atoms with Crippen LogP contribution >= 0.6 is 11.6 Å². The Morgan fingerprint density at radius 1 is 1.29 bits per heavy atom. The van der Waals surface area contributed by atoms with Gasteiger partial charge in [0.1, 0.15) is 0 Å². The van der Waals surface area contributed by atoms with Gasteiger partial charge in [-0.05, 0) is 12.8 Å². The summed E-state index contributed by atoms with van der Waals surface area (Å²) in [7, 11) is 0. The Morgan fingerprint density at radius 2 is 2.00 bits per heavy atom. The van der Waals surface area contributed by atoms with Gasteiger partial charge in [0.05, 0.1) is 11.4 Å². The molecule has 2 heterocycles. The monoisotopic (exact) mass is 209 g/mol. The van der Waals surface area contributed by atoms with E-state index in [0.717, 1.165) is 17.0 Å². The van der Waals surface area contributed by atoms with Crippen molar-refractivity contribution in [2.24, 2.45) is 0 Å². The van der Waals surface area contributed by atoms with Crippen LogP contribution in [0.4, 0.5) is 0 Å². The number of nitrogens with zero attached hydrogens (tertiary/aromatic N) is 3. The van der Waals surface area contributed by atoms with Crippen molar-refractivity contribution in [3.05, 3.63) is 28.9 Å². The zero-order chi connectivity index (χ0) is 10.3. The Labute approximate surface area is 87.8 Å². The number of hydrogen-bond donors (Lipinski definition) is 0. The quantitative estimate of drug-likeness (QED) is 0.723. The average Bonchev–Trinajstić information content (AvgIpc) is 2.47. The minimum Gasteiger partial charge on any atom is -0.302 e. The van der Waals surface area contributed by atoms with Gasteiger partial charge in [-0.3, -0.25) is 0 Å². The van der Waals surface area contributed by atoms with Gasteiger partial charge < -0.3 is 4.40 Å². The van der Waals surface area contributed by atoms with Crippen molar-refractivity contribution in [3.63, 3.8) is 0 Å². The van der Waals surface area contributed by atoms with Gasteiger partial charge >= 0.3 is 0 Å². The summed E-state index contributed by atoms with van der Waals surface area (Å²) in [5.41, 5.74) is 2.68. The summed E-state index contributed by atoms with van der Waals surface area (Å²) in [6, 6.07) is 0. The van der Waals surface area contributed by atoms with E-state index in [-0.39, 0.29) is 0 Å². The lowest BCUT2D eigenvalue weighted by Gasteiger charge is -1.96. The van der Waals surface area contributed by atoms with Crippen LogP contribution in [0, 0.1) is 6.92 Å². The van der Waals surface area contributed by atoms with Crippen LogP contribution in [-0.2, 0) is 0 Å². The number of imidazole rings is 1. The standard InChI is InChI=1S/C10H12ClN3/c1-6(2)8-5-14-4-7(3)12-9(11)10(14)13-8/h4-6H,1-3H3. The first-order valence-corrected chi connectivity index (χ1v) is 4.97. The number of fused-ring (bicyclic) bond motifs is 1. The molecule has 14 heavy (non-hydrogen) atoms. The maximum Gasteiger partial charge on any atom is 0.175 e. The van der Waals surface area contributed by atoms with Gasteiger partial charge in [0.15, 0.2) is 10.8 Å². The minimum atomic E-state index is 0.409. The fourth-order valence-electron chi connectivity index (χ4n) is 1.38. The van der Waals surface area contributed by atoms with Crippen LogP contribution in [0.15, 0.2) is 12.4 Å². The molecule has 74 valence electrons. The molecule has 2 aromatic heterocycles. The molecular weight excluding hydrogens is 198 g/mol. The van der Waals surface area contributed by atoms with E-state index in [2.05, 4.69) is 23.8 Å². The van der Waals surface area contributed by atoms with E-state index in [1.165, 1.54) is 0 Å². The van der Waals surface area contributed by atoms with Gasteiger partial charge in [-0.1, -0.05) is 25.4 Å². The van der Waals surface area contributed by atoms with Gasteiger partial charge in [0, 0.05) is 12.4 Å². The molecule has 0 bridgehead atoms. The van der Waals surface area contributed by atoms with Crippen LogP contribution in [0.3, 0.4) is 0 Å². The van der Waals surface area contributed by atoms with E-state index in [1.807, 2.05) is 23.7 Å². The number of rotatable bonds is 1. The number of halogens is 1. The van der Waals surface area contributed by atoms with Gasteiger partial charge in [-0.2, -0.15) is 0 Å². The van der Waals surface area contributed by atoms with Gasteiger partial charge in [0.25, 0.3) is 0 Å². The molecule has 2 aromatic rings. The Balaban J connectivity index is 2.70. The Kier molecular flexibility index (Phi) is 2.19. The van der Waals surface area contributed by atoms with Gasteiger partial charge in [0.2, 0.25) is 0 Å². The molecular formula is C10H12ClN3. The largest absolute Gasteiger partial charge is 0.302 e. The van der Waals surface area contributed by atoms with Crippen LogP contribution in [0.25, 0.3) is 5.65 Å². The lowest BCUT2D eigenvalue weighted by Crippen LogP contribution is -1.90. The zero-order valence-electron chi connectivity index (χ0n) is 8.45. The van der Waals surface area contributed by atoms with Crippen molar-refractivity contribution < 1.29 is 0 Å². The summed E-state index contributed by atoms with van der Waals surface area (Å²) in [6.07, 6.45) is 3.93. The smallest absolute Gasteiger partial charge is 0.175 e. The first-order chi connectivity index (χ1) is 6.58. The summed E-state index contributed by atoms with van der Waals surface area (Å²) in [6.45, 7) is 6.13. The summed E-state index contributed by atoms with van der Waals surface area (Å²) in [4.78, 5) is 8.58. The Morgan fingerprint density at radius 3 is 2.64 bits per heavy atom. The van der Waals surface area contributed by atoms with Crippen molar-refractivity contribution in [3.8, 4) is 0 Å². The summed E-state index contributed by atoms with van der Waals surface area (Å²) < 4.78 is 1.93. The predicted octanol–water partition coefficient (Wildman–Crippen LogP) is 2.81. The molecule has 0 aliphatic heterocycles. The van der Waals surface area contributed by atoms with E-state index in [0.29, 0.717) is 11.1 Å². The maximum absolute atomic E-state index is 5.99. The molecule has 0 aliphatic rings. The van der Waals surface area contributed by atoms with Crippen LogP contribution in [-0.4, -0.2) is 14.4 Å². The Bertz CT molecular complexity index is 473. The molecule has 0 atom stereocenters. The van der Waals surface area contributed by atoms with Gasteiger partial charge in [-0.25, -0.2) is 9.97 Å². The normalized spacial score (nSPS) is 11.5. The third-order valence-electron chi connectivity index (χ3n) is 2.13. The second kappa shape index (κ2) is 3.24. The molecule has 0 fully saturated rings. The van der Waals surface area contributed by atoms with E-state index < -0.39 is 0 Å². The van der Waals surface area contributed by atoms with Crippen molar-refractivity contribution in [1.29, 1.82) is 0 Å². The lowest BCUT2D eigenvalue weighted by molar-refractivity contribution is 0.834.